The van der Waals surface area contributed by atoms with Crippen LogP contribution in [0.25, 0.3) is 0 Å². The lowest BCUT2D eigenvalue weighted by Crippen LogP contribution is -2.46. The van der Waals surface area contributed by atoms with Crippen LogP contribution in [-0.2, 0) is 9.59 Å². The van der Waals surface area contributed by atoms with Gasteiger partial charge < -0.3 is 0 Å². The average Bonchev–Trinajstić information content (AvgIpc) is 3.35. The number of carbonyl (C=O) groups excluding carboxylic acids is 3. The second-order valence-electron chi connectivity index (χ2n) is 7.80. The van der Waals surface area contributed by atoms with Crippen molar-refractivity contribution in [2.45, 2.75) is 24.9 Å². The highest BCUT2D eigenvalue weighted by Crippen LogP contribution is 2.48. The Labute approximate surface area is 172 Å². The maximum absolute atomic E-state index is 13.4. The van der Waals surface area contributed by atoms with Crippen LogP contribution in [0.3, 0.4) is 0 Å². The van der Waals surface area contributed by atoms with Crippen LogP contribution in [0.15, 0.2) is 48.5 Å². The molecule has 0 aromatic heterocycles. The summed E-state index contributed by atoms with van der Waals surface area (Å²) in [6.45, 7) is 0.693. The van der Waals surface area contributed by atoms with E-state index in [0.29, 0.717) is 22.8 Å². The number of nitrogens with zero attached hydrogens (tertiary/aromatic N) is 2. The minimum absolute atomic E-state index is 0.122. The van der Waals surface area contributed by atoms with Gasteiger partial charge in [-0.25, -0.2) is 9.29 Å². The van der Waals surface area contributed by atoms with E-state index in [1.165, 1.54) is 24.3 Å². The van der Waals surface area contributed by atoms with Gasteiger partial charge in [0, 0.05) is 16.6 Å². The molecule has 2 amide bonds. The van der Waals surface area contributed by atoms with Crippen LogP contribution in [0.4, 0.5) is 10.1 Å². The molecule has 5 rings (SSSR count). The van der Waals surface area contributed by atoms with Crippen LogP contribution in [0.5, 0.6) is 0 Å². The number of Topliss-reactive ketones (excluding diaryl/α,β-unsaturated/α-hetero) is 1. The summed E-state index contributed by atoms with van der Waals surface area (Å²) in [5.74, 6) is -2.55. The molecule has 0 unspecified atom stereocenters. The molecule has 0 N–H and O–H groups in total. The zero-order valence-electron chi connectivity index (χ0n) is 15.4. The number of benzene rings is 2. The van der Waals surface area contributed by atoms with Gasteiger partial charge in [0.05, 0.1) is 23.6 Å². The number of imide groups is 1. The van der Waals surface area contributed by atoms with E-state index in [-0.39, 0.29) is 23.6 Å². The molecule has 3 heterocycles. The van der Waals surface area contributed by atoms with Gasteiger partial charge >= 0.3 is 0 Å². The second-order valence-corrected chi connectivity index (χ2v) is 8.24. The van der Waals surface area contributed by atoms with E-state index in [2.05, 4.69) is 0 Å². The van der Waals surface area contributed by atoms with Crippen molar-refractivity contribution < 1.29 is 18.8 Å². The van der Waals surface area contributed by atoms with Gasteiger partial charge in [-0.2, -0.15) is 0 Å². The van der Waals surface area contributed by atoms with Crippen molar-refractivity contribution in [2.75, 3.05) is 11.4 Å². The molecule has 0 bridgehead atoms. The summed E-state index contributed by atoms with van der Waals surface area (Å²) in [5, 5.41) is 0.527. The molecule has 0 saturated carbocycles. The van der Waals surface area contributed by atoms with Crippen molar-refractivity contribution in [3.63, 3.8) is 0 Å². The highest BCUT2D eigenvalue weighted by atomic mass is 35.5. The molecule has 148 valence electrons. The molecular weight excluding hydrogens is 395 g/mol. The van der Waals surface area contributed by atoms with E-state index in [4.69, 9.17) is 11.6 Å². The first kappa shape index (κ1) is 18.5. The van der Waals surface area contributed by atoms with Crippen molar-refractivity contribution in [1.82, 2.24) is 4.90 Å². The van der Waals surface area contributed by atoms with Gasteiger partial charge in [0.15, 0.2) is 5.78 Å². The molecule has 7 heteroatoms. The van der Waals surface area contributed by atoms with E-state index in [0.717, 1.165) is 17.7 Å². The highest BCUT2D eigenvalue weighted by Gasteiger charge is 2.64. The summed E-state index contributed by atoms with van der Waals surface area (Å²) in [6, 6.07) is 11.1. The Morgan fingerprint density at radius 2 is 1.62 bits per heavy atom. The van der Waals surface area contributed by atoms with Crippen molar-refractivity contribution in [1.29, 1.82) is 0 Å². The fraction of sp³-hybridized carbons (Fsp3) is 0.318. The highest BCUT2D eigenvalue weighted by molar-refractivity contribution is 6.30. The van der Waals surface area contributed by atoms with Crippen LogP contribution in [0, 0.1) is 17.7 Å². The lowest BCUT2D eigenvalue weighted by atomic mass is 9.85. The van der Waals surface area contributed by atoms with Crippen LogP contribution >= 0.6 is 11.6 Å². The first-order chi connectivity index (χ1) is 14.0. The van der Waals surface area contributed by atoms with E-state index in [1.54, 1.807) is 24.3 Å². The van der Waals surface area contributed by atoms with Crippen LogP contribution in [0.2, 0.25) is 5.02 Å². The second kappa shape index (κ2) is 6.75. The first-order valence-electron chi connectivity index (χ1n) is 9.66. The Hall–Kier alpha value is -2.57. The molecule has 29 heavy (non-hydrogen) atoms. The molecule has 0 radical (unpaired) electrons. The Morgan fingerprint density at radius 3 is 2.31 bits per heavy atom. The minimum atomic E-state index is -0.721. The van der Waals surface area contributed by atoms with E-state index >= 15 is 0 Å². The quantitative estimate of drug-likeness (QED) is 0.573. The van der Waals surface area contributed by atoms with Gasteiger partial charge in [-0.3, -0.25) is 19.3 Å². The van der Waals surface area contributed by atoms with Gasteiger partial charge in [0.25, 0.3) is 0 Å². The van der Waals surface area contributed by atoms with Gasteiger partial charge in [-0.05, 0) is 67.9 Å². The van der Waals surface area contributed by atoms with Crippen LogP contribution < -0.4 is 4.90 Å². The summed E-state index contributed by atoms with van der Waals surface area (Å²) in [4.78, 5) is 43.1. The average molecular weight is 413 g/mol. The molecular formula is C22H18ClFN2O3. The normalized spacial score (nSPS) is 28.7. The predicted octanol–water partition coefficient (Wildman–Crippen LogP) is 3.31. The monoisotopic (exact) mass is 412 g/mol. The summed E-state index contributed by atoms with van der Waals surface area (Å²) in [5.41, 5.74) is 0.823. The number of ketones is 1. The Morgan fingerprint density at radius 1 is 0.966 bits per heavy atom. The van der Waals surface area contributed by atoms with Crippen LogP contribution in [0.1, 0.15) is 23.2 Å². The number of hydrogen-bond acceptors (Lipinski definition) is 4. The van der Waals surface area contributed by atoms with Crippen molar-refractivity contribution in [3.05, 3.63) is 64.9 Å². The molecule has 3 saturated heterocycles. The number of halogens is 2. The maximum atomic E-state index is 13.4. The number of amides is 2. The smallest absolute Gasteiger partial charge is 0.239 e. The van der Waals surface area contributed by atoms with Crippen molar-refractivity contribution in [3.8, 4) is 0 Å². The van der Waals surface area contributed by atoms with Crippen LogP contribution in [-0.4, -0.2) is 41.1 Å². The SMILES string of the molecule is O=C(c1ccc(Cl)cc1)[C@H]1[C@H]2C(=O)N(c3ccc(F)cc3)C(=O)[C@H]2[C@H]2CCCN21. The molecule has 5 nitrogen and oxygen atoms in total. The third-order valence-corrected chi connectivity index (χ3v) is 6.59. The van der Waals surface area contributed by atoms with Gasteiger partial charge in [-0.15, -0.1) is 0 Å². The predicted molar refractivity (Wildman–Crippen MR) is 105 cm³/mol. The first-order valence-corrected chi connectivity index (χ1v) is 10.0. The minimum Gasteiger partial charge on any atom is -0.292 e. The third-order valence-electron chi connectivity index (χ3n) is 6.33. The lowest BCUT2D eigenvalue weighted by Gasteiger charge is -2.27. The fourth-order valence-corrected chi connectivity index (χ4v) is 5.27. The molecule has 2 aromatic carbocycles. The van der Waals surface area contributed by atoms with Gasteiger partial charge in [0.2, 0.25) is 11.8 Å². The van der Waals surface area contributed by atoms with Gasteiger partial charge in [0.1, 0.15) is 5.82 Å². The molecule has 0 spiro atoms. The number of hydrogen-bond donors (Lipinski definition) is 0. The van der Waals surface area contributed by atoms with E-state index in [9.17, 15) is 18.8 Å². The number of anilines is 1. The largest absolute Gasteiger partial charge is 0.292 e. The Balaban J connectivity index is 1.54. The fourth-order valence-electron chi connectivity index (χ4n) is 5.14. The molecule has 0 aliphatic carbocycles. The summed E-state index contributed by atoms with van der Waals surface area (Å²) >= 11 is 5.94. The number of rotatable bonds is 3. The van der Waals surface area contributed by atoms with E-state index in [1.807, 2.05) is 4.90 Å². The summed E-state index contributed by atoms with van der Waals surface area (Å²) in [7, 11) is 0. The summed E-state index contributed by atoms with van der Waals surface area (Å²) < 4.78 is 13.3. The van der Waals surface area contributed by atoms with Crippen molar-refractivity contribution in [2.24, 2.45) is 11.8 Å². The molecule has 2 aromatic rings. The molecule has 3 aliphatic rings. The topological polar surface area (TPSA) is 57.7 Å². The lowest BCUT2D eigenvalue weighted by molar-refractivity contribution is -0.123. The Bertz CT molecular complexity index is 1010. The van der Waals surface area contributed by atoms with E-state index < -0.39 is 23.7 Å². The van der Waals surface area contributed by atoms with Crippen molar-refractivity contribution >= 4 is 34.9 Å². The maximum Gasteiger partial charge on any atom is 0.239 e. The molecule has 4 atom stereocenters. The molecule has 3 fully saturated rings. The number of carbonyl (C=O) groups is 3. The Kier molecular flexibility index (Phi) is 4.29. The standard InChI is InChI=1S/C22H18ClFN2O3/c23-13-5-3-12(4-6-13)20(27)19-18-17(16-2-1-11-25(16)19)21(28)26(22(18)29)15-9-7-14(24)8-10-15/h3-10,16-19H,1-2,11H2/t16-,17+,18+,19-/m1/s1. The molecule has 3 aliphatic heterocycles. The van der Waals surface area contributed by atoms with Gasteiger partial charge in [-0.1, -0.05) is 11.6 Å². The number of fused-ring (bicyclic) bond motifs is 3. The summed E-state index contributed by atoms with van der Waals surface area (Å²) in [6.07, 6.45) is 1.66. The zero-order valence-corrected chi connectivity index (χ0v) is 16.2. The zero-order chi connectivity index (χ0) is 20.3. The third kappa shape index (κ3) is 2.74.